The van der Waals surface area contributed by atoms with Crippen molar-refractivity contribution in [1.82, 2.24) is 15.7 Å². The van der Waals surface area contributed by atoms with E-state index < -0.39 is 5.91 Å². The molecule has 2 rings (SSSR count). The van der Waals surface area contributed by atoms with Gasteiger partial charge in [-0.1, -0.05) is 41.7 Å². The van der Waals surface area contributed by atoms with Crippen molar-refractivity contribution in [3.05, 3.63) is 30.3 Å². The molecule has 20 heavy (non-hydrogen) atoms. The summed E-state index contributed by atoms with van der Waals surface area (Å²) in [6, 6.07) is 9.49. The van der Waals surface area contributed by atoms with Crippen LogP contribution in [0.25, 0.3) is 10.6 Å². The zero-order valence-electron chi connectivity index (χ0n) is 10.4. The van der Waals surface area contributed by atoms with Crippen LogP contribution in [0.15, 0.2) is 30.3 Å². The van der Waals surface area contributed by atoms with E-state index in [0.717, 1.165) is 5.56 Å². The molecule has 2 aromatic rings. The van der Waals surface area contributed by atoms with Gasteiger partial charge >= 0.3 is 0 Å². The van der Waals surface area contributed by atoms with Gasteiger partial charge in [0.2, 0.25) is 16.9 Å². The Morgan fingerprint density at radius 3 is 2.50 bits per heavy atom. The SMILES string of the molecule is O=C(CCC(=O)Nc1nnc(-c2ccccc2)s1)NO. The molecule has 1 aromatic carbocycles. The summed E-state index contributed by atoms with van der Waals surface area (Å²) in [5.74, 6) is -0.966. The summed E-state index contributed by atoms with van der Waals surface area (Å²) < 4.78 is 0. The van der Waals surface area contributed by atoms with Crippen molar-refractivity contribution < 1.29 is 14.8 Å². The lowest BCUT2D eigenvalue weighted by Crippen LogP contribution is -2.21. The number of anilines is 1. The number of hydrogen-bond donors (Lipinski definition) is 3. The van der Waals surface area contributed by atoms with Crippen LogP contribution in [0.4, 0.5) is 5.13 Å². The van der Waals surface area contributed by atoms with Crippen LogP contribution in [0.2, 0.25) is 0 Å². The predicted octanol–water partition coefficient (Wildman–Crippen LogP) is 1.43. The highest BCUT2D eigenvalue weighted by Crippen LogP contribution is 2.25. The minimum absolute atomic E-state index is 0.0351. The van der Waals surface area contributed by atoms with Gasteiger partial charge < -0.3 is 5.32 Å². The van der Waals surface area contributed by atoms with Crippen LogP contribution in [0, 0.1) is 0 Å². The summed E-state index contributed by atoms with van der Waals surface area (Å²) in [6.07, 6.45) is -0.126. The summed E-state index contributed by atoms with van der Waals surface area (Å²) in [4.78, 5) is 22.3. The number of amides is 2. The first kappa shape index (κ1) is 14.1. The lowest BCUT2D eigenvalue weighted by molar-refractivity contribution is -0.131. The topological polar surface area (TPSA) is 104 Å². The standard InChI is InChI=1S/C12H12N4O3S/c17-9(6-7-10(18)16-19)13-12-15-14-11(20-12)8-4-2-1-3-5-8/h1-5,19H,6-7H2,(H,16,18)(H,13,15,17). The number of hydrogen-bond acceptors (Lipinski definition) is 6. The number of carbonyl (C=O) groups excluding carboxylic acids is 2. The summed E-state index contributed by atoms with van der Waals surface area (Å²) in [5.41, 5.74) is 2.39. The molecule has 0 aliphatic heterocycles. The van der Waals surface area contributed by atoms with E-state index in [0.29, 0.717) is 10.1 Å². The molecule has 0 spiro atoms. The van der Waals surface area contributed by atoms with Crippen molar-refractivity contribution in [2.24, 2.45) is 0 Å². The first-order valence-corrected chi connectivity index (χ1v) is 6.62. The first-order chi connectivity index (χ1) is 9.69. The summed E-state index contributed by atoms with van der Waals surface area (Å²) in [6.45, 7) is 0. The van der Waals surface area contributed by atoms with Crippen molar-refractivity contribution in [2.45, 2.75) is 12.8 Å². The Hall–Kier alpha value is -2.32. The Balaban J connectivity index is 1.93. The van der Waals surface area contributed by atoms with E-state index in [4.69, 9.17) is 5.21 Å². The Kier molecular flexibility index (Phi) is 4.75. The van der Waals surface area contributed by atoms with Crippen molar-refractivity contribution in [2.75, 3.05) is 5.32 Å². The molecule has 0 atom stereocenters. The van der Waals surface area contributed by atoms with Crippen molar-refractivity contribution in [1.29, 1.82) is 0 Å². The summed E-state index contributed by atoms with van der Waals surface area (Å²) in [5, 5.41) is 19.8. The normalized spacial score (nSPS) is 10.1. The maximum absolute atomic E-state index is 11.5. The zero-order chi connectivity index (χ0) is 14.4. The number of nitrogens with one attached hydrogen (secondary N) is 2. The molecule has 0 saturated carbocycles. The van der Waals surface area contributed by atoms with E-state index in [1.165, 1.54) is 16.8 Å². The van der Waals surface area contributed by atoms with Gasteiger partial charge in [-0.05, 0) is 0 Å². The molecule has 2 amide bonds. The van der Waals surface area contributed by atoms with Crippen LogP contribution in [0.5, 0.6) is 0 Å². The third-order valence-corrected chi connectivity index (χ3v) is 3.28. The molecular weight excluding hydrogens is 280 g/mol. The van der Waals surface area contributed by atoms with E-state index in [9.17, 15) is 9.59 Å². The molecule has 8 heteroatoms. The maximum Gasteiger partial charge on any atom is 0.243 e. The second-order valence-corrected chi connectivity index (χ2v) is 4.84. The number of rotatable bonds is 5. The molecule has 7 nitrogen and oxygen atoms in total. The van der Waals surface area contributed by atoms with Gasteiger partial charge in [-0.3, -0.25) is 14.8 Å². The highest BCUT2D eigenvalue weighted by Gasteiger charge is 2.10. The van der Waals surface area contributed by atoms with Crippen LogP contribution in [0.3, 0.4) is 0 Å². The Morgan fingerprint density at radius 1 is 1.10 bits per heavy atom. The zero-order valence-corrected chi connectivity index (χ0v) is 11.2. The maximum atomic E-state index is 11.5. The number of nitrogens with zero attached hydrogens (tertiary/aromatic N) is 2. The summed E-state index contributed by atoms with van der Waals surface area (Å²) in [7, 11) is 0. The molecule has 104 valence electrons. The highest BCUT2D eigenvalue weighted by molar-refractivity contribution is 7.18. The van der Waals surface area contributed by atoms with Gasteiger partial charge in [0.15, 0.2) is 0 Å². The number of aromatic nitrogens is 2. The smallest absolute Gasteiger partial charge is 0.243 e. The van der Waals surface area contributed by atoms with Crippen LogP contribution >= 0.6 is 11.3 Å². The number of hydroxylamine groups is 1. The highest BCUT2D eigenvalue weighted by atomic mass is 32.1. The fourth-order valence-electron chi connectivity index (χ4n) is 1.44. The van der Waals surface area contributed by atoms with Gasteiger partial charge in [-0.2, -0.15) is 0 Å². The molecule has 0 radical (unpaired) electrons. The molecule has 1 aromatic heterocycles. The van der Waals surface area contributed by atoms with Gasteiger partial charge in [0.05, 0.1) is 0 Å². The molecular formula is C12H12N4O3S. The van der Waals surface area contributed by atoms with Gasteiger partial charge in [-0.25, -0.2) is 5.48 Å². The fourth-order valence-corrected chi connectivity index (χ4v) is 2.20. The Bertz CT molecular complexity index is 600. The quantitative estimate of drug-likeness (QED) is 0.571. The molecule has 0 saturated heterocycles. The molecule has 0 bridgehead atoms. The number of carbonyl (C=O) groups is 2. The minimum Gasteiger partial charge on any atom is -0.301 e. The van der Waals surface area contributed by atoms with Crippen LogP contribution < -0.4 is 10.8 Å². The van der Waals surface area contributed by atoms with E-state index in [-0.39, 0.29) is 18.7 Å². The first-order valence-electron chi connectivity index (χ1n) is 5.81. The molecule has 0 fully saturated rings. The molecule has 3 N–H and O–H groups in total. The lowest BCUT2D eigenvalue weighted by atomic mass is 10.2. The van der Waals surface area contributed by atoms with Crippen molar-refractivity contribution in [3.8, 4) is 10.6 Å². The van der Waals surface area contributed by atoms with Crippen molar-refractivity contribution in [3.63, 3.8) is 0 Å². The van der Waals surface area contributed by atoms with Gasteiger partial charge in [0.25, 0.3) is 0 Å². The molecule has 0 unspecified atom stereocenters. The average Bonchev–Trinajstić information content (AvgIpc) is 2.94. The third-order valence-electron chi connectivity index (χ3n) is 2.40. The van der Waals surface area contributed by atoms with Crippen LogP contribution in [0.1, 0.15) is 12.8 Å². The van der Waals surface area contributed by atoms with E-state index in [1.807, 2.05) is 30.3 Å². The average molecular weight is 292 g/mol. The Labute approximate surface area is 118 Å². The number of benzene rings is 1. The van der Waals surface area contributed by atoms with Crippen molar-refractivity contribution >= 4 is 28.3 Å². The summed E-state index contributed by atoms with van der Waals surface area (Å²) >= 11 is 1.25. The van der Waals surface area contributed by atoms with Gasteiger partial charge in [0.1, 0.15) is 5.01 Å². The monoisotopic (exact) mass is 292 g/mol. The largest absolute Gasteiger partial charge is 0.301 e. The fraction of sp³-hybridized carbons (Fsp3) is 0.167. The third kappa shape index (κ3) is 3.84. The van der Waals surface area contributed by atoms with Crippen LogP contribution in [-0.4, -0.2) is 27.2 Å². The van der Waals surface area contributed by atoms with Gasteiger partial charge in [0, 0.05) is 18.4 Å². The second kappa shape index (κ2) is 6.73. The minimum atomic E-state index is -0.609. The molecule has 1 heterocycles. The molecule has 0 aliphatic carbocycles. The van der Waals surface area contributed by atoms with E-state index in [2.05, 4.69) is 15.5 Å². The van der Waals surface area contributed by atoms with Gasteiger partial charge in [-0.15, -0.1) is 10.2 Å². The Morgan fingerprint density at radius 2 is 1.80 bits per heavy atom. The second-order valence-electron chi connectivity index (χ2n) is 3.86. The van der Waals surface area contributed by atoms with E-state index in [1.54, 1.807) is 0 Å². The van der Waals surface area contributed by atoms with E-state index >= 15 is 0 Å². The lowest BCUT2D eigenvalue weighted by Gasteiger charge is -1.99. The predicted molar refractivity (Wildman–Crippen MR) is 73.1 cm³/mol. The molecule has 0 aliphatic rings. The van der Waals surface area contributed by atoms with Crippen LogP contribution in [-0.2, 0) is 9.59 Å².